The largest absolute Gasteiger partial charge is 0.494 e. The van der Waals surface area contributed by atoms with Gasteiger partial charge in [0, 0.05) is 0 Å². The third-order valence-electron chi connectivity index (χ3n) is 4.10. The van der Waals surface area contributed by atoms with Gasteiger partial charge in [0.1, 0.15) is 5.75 Å². The van der Waals surface area contributed by atoms with Gasteiger partial charge < -0.3 is 10.1 Å². The monoisotopic (exact) mass is 261 g/mol. The Hall–Kier alpha value is -1.02. The van der Waals surface area contributed by atoms with Gasteiger partial charge in [0.05, 0.1) is 6.61 Å². The quantitative estimate of drug-likeness (QED) is 0.802. The van der Waals surface area contributed by atoms with Crippen molar-refractivity contribution in [3.63, 3.8) is 0 Å². The molecule has 1 aromatic rings. The van der Waals surface area contributed by atoms with Crippen molar-refractivity contribution in [1.82, 2.24) is 5.32 Å². The molecule has 2 atom stereocenters. The van der Waals surface area contributed by atoms with Crippen molar-refractivity contribution in [2.75, 3.05) is 19.7 Å². The highest BCUT2D eigenvalue weighted by atomic mass is 16.5. The first-order valence-corrected chi connectivity index (χ1v) is 7.78. The summed E-state index contributed by atoms with van der Waals surface area (Å²) in [4.78, 5) is 0. The van der Waals surface area contributed by atoms with Crippen LogP contribution >= 0.6 is 0 Å². The second kappa shape index (κ2) is 7.54. The summed E-state index contributed by atoms with van der Waals surface area (Å²) in [6, 6.07) is 8.79. The fourth-order valence-corrected chi connectivity index (χ4v) is 3.08. The molecule has 1 saturated carbocycles. The molecule has 0 aromatic heterocycles. The summed E-state index contributed by atoms with van der Waals surface area (Å²) >= 11 is 0. The Balaban J connectivity index is 1.96. The normalized spacial score (nSPS) is 22.6. The Morgan fingerprint density at radius 3 is 2.63 bits per heavy atom. The second-order valence-electron chi connectivity index (χ2n) is 5.52. The first-order valence-electron chi connectivity index (χ1n) is 7.78. The van der Waals surface area contributed by atoms with Crippen LogP contribution in [0.5, 0.6) is 5.75 Å². The molecule has 0 amide bonds. The highest BCUT2D eigenvalue weighted by Gasteiger charge is 2.27. The van der Waals surface area contributed by atoms with E-state index >= 15 is 0 Å². The van der Waals surface area contributed by atoms with Gasteiger partial charge in [-0.1, -0.05) is 32.4 Å². The van der Waals surface area contributed by atoms with Gasteiger partial charge in [-0.25, -0.2) is 0 Å². The van der Waals surface area contributed by atoms with Crippen LogP contribution in [-0.4, -0.2) is 19.7 Å². The lowest BCUT2D eigenvalue weighted by Gasteiger charge is -2.20. The van der Waals surface area contributed by atoms with Crippen LogP contribution in [0.2, 0.25) is 0 Å². The molecule has 1 fully saturated rings. The predicted molar refractivity (Wildman–Crippen MR) is 80.9 cm³/mol. The molecular weight excluding hydrogens is 234 g/mol. The number of hydrogen-bond donors (Lipinski definition) is 1. The van der Waals surface area contributed by atoms with E-state index in [9.17, 15) is 0 Å². The van der Waals surface area contributed by atoms with E-state index < -0.39 is 0 Å². The first-order chi connectivity index (χ1) is 9.35. The van der Waals surface area contributed by atoms with Gasteiger partial charge in [0.15, 0.2) is 0 Å². The molecule has 106 valence electrons. The Morgan fingerprint density at radius 2 is 1.95 bits per heavy atom. The van der Waals surface area contributed by atoms with Crippen molar-refractivity contribution in [1.29, 1.82) is 0 Å². The summed E-state index contributed by atoms with van der Waals surface area (Å²) in [5, 5.41) is 3.50. The predicted octanol–water partition coefficient (Wildman–Crippen LogP) is 3.97. The molecule has 0 radical (unpaired) electrons. The second-order valence-corrected chi connectivity index (χ2v) is 5.52. The molecule has 1 N–H and O–H groups in total. The third kappa shape index (κ3) is 3.97. The van der Waals surface area contributed by atoms with Crippen LogP contribution in [0.4, 0.5) is 0 Å². The minimum atomic E-state index is 0.735. The standard InChI is InChI=1S/C17H27NO/c1-3-12-19-16-10-8-14(9-11-16)17-7-5-6-15(17)13-18-4-2/h8-11,15,17-18H,3-7,12-13H2,1-2H3. The molecule has 0 bridgehead atoms. The zero-order valence-corrected chi connectivity index (χ0v) is 12.3. The third-order valence-corrected chi connectivity index (χ3v) is 4.10. The SMILES string of the molecule is CCCOc1ccc(C2CCCC2CNCC)cc1. The molecule has 1 aromatic carbocycles. The van der Waals surface area contributed by atoms with Crippen LogP contribution in [0.25, 0.3) is 0 Å². The van der Waals surface area contributed by atoms with Crippen LogP contribution in [0.3, 0.4) is 0 Å². The van der Waals surface area contributed by atoms with E-state index in [1.807, 2.05) is 0 Å². The van der Waals surface area contributed by atoms with Crippen molar-refractivity contribution >= 4 is 0 Å². The molecule has 1 aliphatic carbocycles. The van der Waals surface area contributed by atoms with Gasteiger partial charge in [0.2, 0.25) is 0 Å². The maximum atomic E-state index is 5.65. The molecule has 1 aliphatic rings. The van der Waals surface area contributed by atoms with E-state index in [-0.39, 0.29) is 0 Å². The topological polar surface area (TPSA) is 21.3 Å². The number of benzene rings is 1. The van der Waals surface area contributed by atoms with Gasteiger partial charge in [0.25, 0.3) is 0 Å². The zero-order valence-electron chi connectivity index (χ0n) is 12.3. The summed E-state index contributed by atoms with van der Waals surface area (Å²) in [6.45, 7) is 7.37. The molecule has 2 rings (SSSR count). The Morgan fingerprint density at radius 1 is 1.16 bits per heavy atom. The van der Waals surface area contributed by atoms with Crippen LogP contribution < -0.4 is 10.1 Å². The number of ether oxygens (including phenoxy) is 1. The lowest BCUT2D eigenvalue weighted by Crippen LogP contribution is -2.24. The summed E-state index contributed by atoms with van der Waals surface area (Å²) in [5.41, 5.74) is 1.49. The number of hydrogen-bond acceptors (Lipinski definition) is 2. The summed E-state index contributed by atoms with van der Waals surface area (Å²) in [7, 11) is 0. The van der Waals surface area contributed by atoms with Crippen molar-refractivity contribution in [3.05, 3.63) is 29.8 Å². The van der Waals surface area contributed by atoms with Gasteiger partial charge in [-0.15, -0.1) is 0 Å². The molecule has 19 heavy (non-hydrogen) atoms. The van der Waals surface area contributed by atoms with Crippen LogP contribution in [0.15, 0.2) is 24.3 Å². The number of nitrogens with one attached hydrogen (secondary N) is 1. The maximum absolute atomic E-state index is 5.65. The molecule has 0 saturated heterocycles. The van der Waals surface area contributed by atoms with E-state index in [2.05, 4.69) is 43.4 Å². The molecule has 0 spiro atoms. The zero-order chi connectivity index (χ0) is 13.5. The molecule has 2 unspecified atom stereocenters. The molecular formula is C17H27NO. The number of rotatable bonds is 7. The van der Waals surface area contributed by atoms with Crippen molar-refractivity contribution < 1.29 is 4.74 Å². The fourth-order valence-electron chi connectivity index (χ4n) is 3.08. The van der Waals surface area contributed by atoms with Crippen LogP contribution in [-0.2, 0) is 0 Å². The fraction of sp³-hybridized carbons (Fsp3) is 0.647. The van der Waals surface area contributed by atoms with Crippen LogP contribution in [0, 0.1) is 5.92 Å². The van der Waals surface area contributed by atoms with Crippen molar-refractivity contribution in [2.45, 2.75) is 45.4 Å². The van der Waals surface area contributed by atoms with Crippen LogP contribution in [0.1, 0.15) is 51.0 Å². The van der Waals surface area contributed by atoms with E-state index in [4.69, 9.17) is 4.74 Å². The smallest absolute Gasteiger partial charge is 0.119 e. The molecule has 2 heteroatoms. The Bertz CT molecular complexity index is 360. The average Bonchev–Trinajstić information content (AvgIpc) is 2.92. The molecule has 0 heterocycles. The van der Waals surface area contributed by atoms with E-state index in [0.717, 1.165) is 43.7 Å². The van der Waals surface area contributed by atoms with Crippen molar-refractivity contribution in [3.8, 4) is 5.75 Å². The Labute approximate surface area is 117 Å². The first kappa shape index (κ1) is 14.4. The van der Waals surface area contributed by atoms with Gasteiger partial charge >= 0.3 is 0 Å². The summed E-state index contributed by atoms with van der Waals surface area (Å²) in [6.07, 6.45) is 5.14. The van der Waals surface area contributed by atoms with E-state index in [0.29, 0.717) is 0 Å². The Kier molecular flexibility index (Phi) is 5.71. The minimum Gasteiger partial charge on any atom is -0.494 e. The van der Waals surface area contributed by atoms with Gasteiger partial charge in [-0.3, -0.25) is 0 Å². The lowest BCUT2D eigenvalue weighted by molar-refractivity contribution is 0.317. The highest BCUT2D eigenvalue weighted by molar-refractivity contribution is 5.30. The summed E-state index contributed by atoms with van der Waals surface area (Å²) < 4.78 is 5.65. The van der Waals surface area contributed by atoms with Crippen molar-refractivity contribution in [2.24, 2.45) is 5.92 Å². The highest BCUT2D eigenvalue weighted by Crippen LogP contribution is 2.39. The molecule has 0 aliphatic heterocycles. The van der Waals surface area contributed by atoms with E-state index in [1.165, 1.54) is 24.8 Å². The lowest BCUT2D eigenvalue weighted by atomic mass is 9.89. The maximum Gasteiger partial charge on any atom is 0.119 e. The van der Waals surface area contributed by atoms with E-state index in [1.54, 1.807) is 0 Å². The minimum absolute atomic E-state index is 0.735. The van der Waals surface area contributed by atoms with Gasteiger partial charge in [-0.2, -0.15) is 0 Å². The average molecular weight is 261 g/mol. The van der Waals surface area contributed by atoms with Gasteiger partial charge in [-0.05, 0) is 61.9 Å². The summed E-state index contributed by atoms with van der Waals surface area (Å²) in [5.74, 6) is 2.55. The molecule has 2 nitrogen and oxygen atoms in total.